The summed E-state index contributed by atoms with van der Waals surface area (Å²) in [4.78, 5) is 0. The van der Waals surface area contributed by atoms with Crippen LogP contribution in [0.25, 0.3) is 11.4 Å². The molecule has 2 aromatic carbocycles. The summed E-state index contributed by atoms with van der Waals surface area (Å²) in [6.45, 7) is 0. The molecule has 7 heteroatoms. The molecule has 2 nitrogen and oxygen atoms in total. The van der Waals surface area contributed by atoms with Crippen molar-refractivity contribution < 1.29 is 39.3 Å². The summed E-state index contributed by atoms with van der Waals surface area (Å²) in [6.07, 6.45) is 6.74. The number of hydrogen-bond acceptors (Lipinski definition) is 0. The minimum atomic E-state index is -0.687. The monoisotopic (exact) mass is 404 g/mol. The van der Waals surface area contributed by atoms with Gasteiger partial charge < -0.3 is 9.13 Å². The van der Waals surface area contributed by atoms with Gasteiger partial charge in [-0.25, -0.2) is 17.6 Å². The van der Waals surface area contributed by atoms with Gasteiger partial charge in [-0.3, -0.25) is 0 Å². The molecule has 2 aromatic heterocycles. The Kier molecular flexibility index (Phi) is 7.22. The maximum Gasteiger partial charge on any atom is 4.00 e. The van der Waals surface area contributed by atoms with Gasteiger partial charge in [-0.1, -0.05) is 0 Å². The predicted molar refractivity (Wildman–Crippen MR) is 89.0 cm³/mol. The zero-order chi connectivity index (χ0) is 18.5. The summed E-state index contributed by atoms with van der Waals surface area (Å²) in [6, 6.07) is 16.1. The van der Waals surface area contributed by atoms with E-state index in [0.29, 0.717) is 11.4 Å². The Morgan fingerprint density at radius 1 is 0.556 bits per heavy atom. The second-order valence-corrected chi connectivity index (χ2v) is 5.19. The number of benzene rings is 2. The number of halogens is 4. The fourth-order valence-corrected chi connectivity index (χ4v) is 2.26. The van der Waals surface area contributed by atoms with Gasteiger partial charge in [-0.15, -0.1) is 36.4 Å². The van der Waals surface area contributed by atoms with Crippen molar-refractivity contribution in [1.82, 2.24) is 9.13 Å². The van der Waals surface area contributed by atoms with Crippen LogP contribution in [0.1, 0.15) is 0 Å². The Bertz CT molecular complexity index is 902. The van der Waals surface area contributed by atoms with E-state index in [9.17, 15) is 17.6 Å². The van der Waals surface area contributed by atoms with Crippen molar-refractivity contribution in [3.05, 3.63) is 109 Å². The first-order valence-electron chi connectivity index (χ1n) is 7.56. The van der Waals surface area contributed by atoms with E-state index in [0.717, 1.165) is 0 Å². The summed E-state index contributed by atoms with van der Waals surface area (Å²) in [5, 5.41) is 0. The van der Waals surface area contributed by atoms with Crippen molar-refractivity contribution in [2.45, 2.75) is 0 Å². The smallest absolute Gasteiger partial charge is 0.375 e. The average molecular weight is 404 g/mol. The number of nitrogens with zero attached hydrogens (tertiary/aromatic N) is 2. The molecular weight excluding hydrogens is 392 g/mol. The van der Waals surface area contributed by atoms with Crippen LogP contribution in [0.4, 0.5) is 17.6 Å². The van der Waals surface area contributed by atoms with Crippen LogP contribution in [0, 0.1) is 35.4 Å². The normalized spacial score (nSPS) is 9.93. The van der Waals surface area contributed by atoms with Gasteiger partial charge in [0.1, 0.15) is 0 Å². The molecule has 0 bridgehead atoms. The van der Waals surface area contributed by atoms with Crippen molar-refractivity contribution >= 4 is 0 Å². The Morgan fingerprint density at radius 2 is 0.889 bits per heavy atom. The molecule has 0 fully saturated rings. The first-order chi connectivity index (χ1) is 12.5. The Balaban J connectivity index is 0.000000187. The van der Waals surface area contributed by atoms with Crippen molar-refractivity contribution in [2.24, 2.45) is 0 Å². The summed E-state index contributed by atoms with van der Waals surface area (Å²) in [5.74, 6) is -2.74. The van der Waals surface area contributed by atoms with Gasteiger partial charge in [-0.05, 0) is 60.4 Å². The molecule has 0 N–H and O–H groups in total. The second-order valence-electron chi connectivity index (χ2n) is 5.19. The van der Waals surface area contributed by atoms with Crippen molar-refractivity contribution in [1.29, 1.82) is 0 Å². The molecule has 2 heterocycles. The zero-order valence-corrected chi connectivity index (χ0v) is 15.4. The fraction of sp³-hybridized carbons (Fsp3) is 0. The molecule has 0 spiro atoms. The molecule has 4 aromatic rings. The van der Waals surface area contributed by atoms with Gasteiger partial charge in [0, 0.05) is 23.3 Å². The van der Waals surface area contributed by atoms with Crippen LogP contribution in [-0.4, -0.2) is 9.13 Å². The zero-order valence-electron chi connectivity index (χ0n) is 13.8. The first kappa shape index (κ1) is 20.7. The third-order valence-corrected chi connectivity index (χ3v) is 3.45. The van der Waals surface area contributed by atoms with Gasteiger partial charge in [0.05, 0.1) is 0 Å². The van der Waals surface area contributed by atoms with E-state index < -0.39 is 23.3 Å². The summed E-state index contributed by atoms with van der Waals surface area (Å²) < 4.78 is 54.3. The van der Waals surface area contributed by atoms with E-state index in [1.807, 2.05) is 12.1 Å². The average Bonchev–Trinajstić information content (AvgIpc) is 3.29. The van der Waals surface area contributed by atoms with Gasteiger partial charge in [0.15, 0.2) is 0 Å². The molecule has 27 heavy (non-hydrogen) atoms. The number of aromatic nitrogens is 2. The molecule has 4 rings (SSSR count). The predicted octanol–water partition coefficient (Wildman–Crippen LogP) is 5.11. The second kappa shape index (κ2) is 9.39. The third kappa shape index (κ3) is 5.22. The summed E-state index contributed by atoms with van der Waals surface area (Å²) in [5.41, 5.74) is 0.595. The number of hydrogen-bond donors (Lipinski definition) is 0. The molecule has 0 aliphatic carbocycles. The molecule has 0 aliphatic rings. The van der Waals surface area contributed by atoms with Crippen LogP contribution >= 0.6 is 0 Å². The quantitative estimate of drug-likeness (QED) is 0.250. The van der Waals surface area contributed by atoms with Gasteiger partial charge in [0.2, 0.25) is 0 Å². The first-order valence-corrected chi connectivity index (χ1v) is 7.56. The van der Waals surface area contributed by atoms with Crippen LogP contribution < -0.4 is 0 Å². The molecule has 0 saturated heterocycles. The molecular formula is C20H12F4N2Ti+2. The fourth-order valence-electron chi connectivity index (χ4n) is 2.26. The topological polar surface area (TPSA) is 9.86 Å². The van der Waals surface area contributed by atoms with Gasteiger partial charge in [0.25, 0.3) is 0 Å². The van der Waals surface area contributed by atoms with Crippen LogP contribution in [0.3, 0.4) is 0 Å². The van der Waals surface area contributed by atoms with E-state index in [4.69, 9.17) is 0 Å². The van der Waals surface area contributed by atoms with E-state index >= 15 is 0 Å². The Morgan fingerprint density at radius 3 is 1.19 bits per heavy atom. The molecule has 0 saturated carbocycles. The van der Waals surface area contributed by atoms with E-state index in [1.54, 1.807) is 58.2 Å². The number of rotatable bonds is 2. The van der Waals surface area contributed by atoms with Crippen LogP contribution in [0.2, 0.25) is 0 Å². The van der Waals surface area contributed by atoms with E-state index in [1.165, 1.54) is 24.3 Å². The standard InChI is InChI=1S/2C10H6F2N.Ti/c2*11-8-3-4-10(9(12)7-8)13-5-1-2-6-13;/h2*1-6H;/q2*-1;+4. The van der Waals surface area contributed by atoms with Crippen molar-refractivity contribution in [3.8, 4) is 11.4 Å². The van der Waals surface area contributed by atoms with Crippen LogP contribution in [-0.2, 0) is 21.7 Å². The van der Waals surface area contributed by atoms with E-state index in [2.05, 4.69) is 0 Å². The minimum absolute atomic E-state index is 0. The van der Waals surface area contributed by atoms with Gasteiger partial charge in [-0.2, -0.15) is 0 Å². The maximum atomic E-state index is 13.1. The van der Waals surface area contributed by atoms with E-state index in [-0.39, 0.29) is 21.7 Å². The molecule has 0 unspecified atom stereocenters. The minimum Gasteiger partial charge on any atom is -0.375 e. The van der Waals surface area contributed by atoms with Gasteiger partial charge >= 0.3 is 21.7 Å². The van der Waals surface area contributed by atoms with Crippen LogP contribution in [0.5, 0.6) is 0 Å². The summed E-state index contributed by atoms with van der Waals surface area (Å²) >= 11 is 0. The van der Waals surface area contributed by atoms with Crippen molar-refractivity contribution in [3.63, 3.8) is 0 Å². The SMILES string of the molecule is Fc1[c-]c(F)c(-n2cccc2)cc1.Fc1[c-]c(F)c(-n2cccc2)cc1.[Ti+4]. The Hall–Kier alpha value is -2.57. The third-order valence-electron chi connectivity index (χ3n) is 3.45. The molecule has 0 aliphatic heterocycles. The Labute approximate surface area is 168 Å². The molecule has 0 radical (unpaired) electrons. The maximum absolute atomic E-state index is 13.1. The van der Waals surface area contributed by atoms with Crippen molar-refractivity contribution in [2.75, 3.05) is 0 Å². The molecule has 0 atom stereocenters. The summed E-state index contributed by atoms with van der Waals surface area (Å²) in [7, 11) is 0. The molecule has 0 amide bonds. The largest absolute Gasteiger partial charge is 4.00 e. The van der Waals surface area contributed by atoms with Crippen LogP contribution in [0.15, 0.2) is 73.3 Å². The molecule has 132 valence electrons.